The highest BCUT2D eigenvalue weighted by atomic mass is 35.5. The molecule has 0 heterocycles. The smallest absolute Gasteiger partial charge is 0.161 e. The summed E-state index contributed by atoms with van der Waals surface area (Å²) in [4.78, 5) is 0. The van der Waals surface area contributed by atoms with Crippen LogP contribution in [-0.2, 0) is 5.88 Å². The first kappa shape index (κ1) is 13.5. The molecule has 1 aliphatic carbocycles. The summed E-state index contributed by atoms with van der Waals surface area (Å²) in [5, 5.41) is 0. The van der Waals surface area contributed by atoms with Gasteiger partial charge in [-0.15, -0.1) is 11.6 Å². The van der Waals surface area contributed by atoms with E-state index < -0.39 is 0 Å². The Bertz CT molecular complexity index is 373. The molecule has 2 rings (SSSR count). The molecule has 0 amide bonds. The van der Waals surface area contributed by atoms with Gasteiger partial charge in [-0.25, -0.2) is 0 Å². The summed E-state index contributed by atoms with van der Waals surface area (Å²) in [6.07, 6.45) is 6.64. The highest BCUT2D eigenvalue weighted by molar-refractivity contribution is 6.17. The van der Waals surface area contributed by atoms with Crippen molar-refractivity contribution in [3.05, 3.63) is 23.8 Å². The van der Waals surface area contributed by atoms with Crippen LogP contribution >= 0.6 is 11.6 Å². The quantitative estimate of drug-likeness (QED) is 0.737. The van der Waals surface area contributed by atoms with Gasteiger partial charge in [0, 0.05) is 5.88 Å². The molecule has 1 aromatic carbocycles. The first-order valence-corrected chi connectivity index (χ1v) is 7.22. The second-order valence-corrected chi connectivity index (χ2v) is 5.20. The molecule has 2 nitrogen and oxygen atoms in total. The van der Waals surface area contributed by atoms with E-state index >= 15 is 0 Å². The summed E-state index contributed by atoms with van der Waals surface area (Å²) in [7, 11) is 1.67. The fourth-order valence-corrected chi connectivity index (χ4v) is 2.64. The van der Waals surface area contributed by atoms with E-state index in [4.69, 9.17) is 21.1 Å². The monoisotopic (exact) mass is 268 g/mol. The number of alkyl halides is 1. The van der Waals surface area contributed by atoms with Crippen molar-refractivity contribution < 1.29 is 9.47 Å². The summed E-state index contributed by atoms with van der Waals surface area (Å²) in [6.45, 7) is 0.794. The van der Waals surface area contributed by atoms with Crippen molar-refractivity contribution in [3.63, 3.8) is 0 Å². The minimum absolute atomic E-state index is 0.504. The molecule has 0 unspecified atom stereocenters. The van der Waals surface area contributed by atoms with Gasteiger partial charge < -0.3 is 9.47 Å². The molecule has 0 saturated heterocycles. The summed E-state index contributed by atoms with van der Waals surface area (Å²) in [5.41, 5.74) is 1.07. The number of benzene rings is 1. The lowest BCUT2D eigenvalue weighted by atomic mass is 9.90. The molecule has 3 heteroatoms. The third-order valence-electron chi connectivity index (χ3n) is 3.58. The molecule has 1 aromatic rings. The Morgan fingerprint density at radius 1 is 1.17 bits per heavy atom. The Morgan fingerprint density at radius 2 is 1.94 bits per heavy atom. The number of ether oxygens (including phenoxy) is 2. The van der Waals surface area contributed by atoms with Gasteiger partial charge in [0.1, 0.15) is 0 Å². The third kappa shape index (κ3) is 3.55. The molecule has 0 spiro atoms. The Kier molecular flexibility index (Phi) is 5.18. The fraction of sp³-hybridized carbons (Fsp3) is 0.600. The number of hydrogen-bond donors (Lipinski definition) is 0. The molecule has 18 heavy (non-hydrogen) atoms. The van der Waals surface area contributed by atoms with Crippen LogP contribution in [0.2, 0.25) is 0 Å². The average Bonchev–Trinajstić information content (AvgIpc) is 2.45. The molecule has 0 bridgehead atoms. The SMILES string of the molecule is COc1ccc(CCl)cc1OCC1CCCCC1. The predicted molar refractivity (Wildman–Crippen MR) is 74.6 cm³/mol. The molecule has 1 aliphatic rings. The molecule has 0 atom stereocenters. The van der Waals surface area contributed by atoms with Gasteiger partial charge in [0.15, 0.2) is 11.5 Å². The van der Waals surface area contributed by atoms with Crippen molar-refractivity contribution in [3.8, 4) is 11.5 Å². The second-order valence-electron chi connectivity index (χ2n) is 4.93. The topological polar surface area (TPSA) is 18.5 Å². The van der Waals surface area contributed by atoms with Crippen molar-refractivity contribution in [2.75, 3.05) is 13.7 Å². The number of methoxy groups -OCH3 is 1. The van der Waals surface area contributed by atoms with E-state index in [2.05, 4.69) is 0 Å². The Hall–Kier alpha value is -0.890. The highest BCUT2D eigenvalue weighted by Crippen LogP contribution is 2.31. The van der Waals surface area contributed by atoms with Gasteiger partial charge in [-0.05, 0) is 36.5 Å². The fourth-order valence-electron chi connectivity index (χ4n) is 2.48. The summed E-state index contributed by atoms with van der Waals surface area (Å²) < 4.78 is 11.2. The van der Waals surface area contributed by atoms with E-state index in [0.717, 1.165) is 23.7 Å². The molecule has 0 aromatic heterocycles. The minimum atomic E-state index is 0.504. The lowest BCUT2D eigenvalue weighted by Crippen LogP contribution is -2.15. The van der Waals surface area contributed by atoms with Crippen LogP contribution in [0, 0.1) is 5.92 Å². The average molecular weight is 269 g/mol. The van der Waals surface area contributed by atoms with Crippen LogP contribution in [0.4, 0.5) is 0 Å². The van der Waals surface area contributed by atoms with E-state index in [-0.39, 0.29) is 0 Å². The first-order valence-electron chi connectivity index (χ1n) is 6.69. The summed E-state index contributed by atoms with van der Waals surface area (Å²) in [6, 6.07) is 5.88. The lowest BCUT2D eigenvalue weighted by Gasteiger charge is -2.22. The molecular weight excluding hydrogens is 248 g/mol. The molecular formula is C15H21ClO2. The van der Waals surface area contributed by atoms with Crippen LogP contribution < -0.4 is 9.47 Å². The first-order chi connectivity index (χ1) is 8.83. The van der Waals surface area contributed by atoms with E-state index in [1.807, 2.05) is 18.2 Å². The van der Waals surface area contributed by atoms with Crippen molar-refractivity contribution in [2.24, 2.45) is 5.92 Å². The summed E-state index contributed by atoms with van der Waals surface area (Å²) >= 11 is 5.85. The van der Waals surface area contributed by atoms with Gasteiger partial charge in [-0.3, -0.25) is 0 Å². The zero-order chi connectivity index (χ0) is 12.8. The van der Waals surface area contributed by atoms with E-state index in [0.29, 0.717) is 11.8 Å². The van der Waals surface area contributed by atoms with Crippen LogP contribution in [0.25, 0.3) is 0 Å². The third-order valence-corrected chi connectivity index (χ3v) is 3.89. The molecule has 0 aliphatic heterocycles. The standard InChI is InChI=1S/C15H21ClO2/c1-17-14-8-7-13(10-16)9-15(14)18-11-12-5-3-2-4-6-12/h7-9,12H,2-6,10-11H2,1H3. The van der Waals surface area contributed by atoms with Gasteiger partial charge in [0.2, 0.25) is 0 Å². The maximum atomic E-state index is 5.93. The van der Waals surface area contributed by atoms with Crippen LogP contribution in [0.3, 0.4) is 0 Å². The summed E-state index contributed by atoms with van der Waals surface area (Å²) in [5.74, 6) is 2.81. The van der Waals surface area contributed by atoms with E-state index in [9.17, 15) is 0 Å². The van der Waals surface area contributed by atoms with Crippen molar-refractivity contribution >= 4 is 11.6 Å². The lowest BCUT2D eigenvalue weighted by molar-refractivity contribution is 0.202. The Balaban J connectivity index is 1.97. The number of halogens is 1. The Labute approximate surface area is 114 Å². The molecule has 1 fully saturated rings. The van der Waals surface area contributed by atoms with Gasteiger partial charge >= 0.3 is 0 Å². The highest BCUT2D eigenvalue weighted by Gasteiger charge is 2.15. The zero-order valence-electron chi connectivity index (χ0n) is 11.0. The van der Waals surface area contributed by atoms with Crippen LogP contribution in [0.1, 0.15) is 37.7 Å². The van der Waals surface area contributed by atoms with Crippen molar-refractivity contribution in [1.82, 2.24) is 0 Å². The van der Waals surface area contributed by atoms with Crippen LogP contribution in [0.15, 0.2) is 18.2 Å². The minimum Gasteiger partial charge on any atom is -0.493 e. The largest absolute Gasteiger partial charge is 0.493 e. The van der Waals surface area contributed by atoms with E-state index in [1.165, 1.54) is 32.1 Å². The van der Waals surface area contributed by atoms with Crippen LogP contribution in [-0.4, -0.2) is 13.7 Å². The normalized spacial score (nSPS) is 16.6. The maximum Gasteiger partial charge on any atom is 0.161 e. The van der Waals surface area contributed by atoms with Crippen LogP contribution in [0.5, 0.6) is 11.5 Å². The molecule has 0 radical (unpaired) electrons. The molecule has 0 N–H and O–H groups in total. The number of rotatable bonds is 5. The zero-order valence-corrected chi connectivity index (χ0v) is 11.7. The predicted octanol–water partition coefficient (Wildman–Crippen LogP) is 4.39. The Morgan fingerprint density at radius 3 is 2.61 bits per heavy atom. The van der Waals surface area contributed by atoms with E-state index in [1.54, 1.807) is 7.11 Å². The van der Waals surface area contributed by atoms with Gasteiger partial charge in [0.25, 0.3) is 0 Å². The van der Waals surface area contributed by atoms with Crippen molar-refractivity contribution in [2.45, 2.75) is 38.0 Å². The second kappa shape index (κ2) is 6.89. The maximum absolute atomic E-state index is 5.93. The van der Waals surface area contributed by atoms with Gasteiger partial charge in [-0.1, -0.05) is 25.3 Å². The molecule has 1 saturated carbocycles. The molecule has 100 valence electrons. The van der Waals surface area contributed by atoms with Crippen molar-refractivity contribution in [1.29, 1.82) is 0 Å². The van der Waals surface area contributed by atoms with Gasteiger partial charge in [0.05, 0.1) is 13.7 Å². The van der Waals surface area contributed by atoms with Gasteiger partial charge in [-0.2, -0.15) is 0 Å². The number of hydrogen-bond acceptors (Lipinski definition) is 2.